The zero-order chi connectivity index (χ0) is 21.5. The monoisotopic (exact) mass is 441 g/mol. The number of methoxy groups -OCH3 is 1. The fourth-order valence-corrected chi connectivity index (χ4v) is 7.00. The second kappa shape index (κ2) is 8.14. The standard InChI is InChI=1S/C25H31NO4S/c1-29-23-15-18-9-3-4-10-19(18)16-24(23)31(27,28)26-21-17-25(13-7-2-8-14-25)30-22-12-6-5-11-20(21)22/h5-6,11-12,15-16,21,26H,2-4,7-10,13-14,17H2,1H3/t21-/m0/s1. The lowest BCUT2D eigenvalue weighted by Gasteiger charge is -2.44. The molecule has 0 radical (unpaired) electrons. The van der Waals surface area contributed by atoms with Gasteiger partial charge in [0.15, 0.2) is 0 Å². The van der Waals surface area contributed by atoms with E-state index in [1.807, 2.05) is 36.4 Å². The molecular weight excluding hydrogens is 410 g/mol. The summed E-state index contributed by atoms with van der Waals surface area (Å²) in [7, 11) is -2.22. The summed E-state index contributed by atoms with van der Waals surface area (Å²) in [6.45, 7) is 0. The van der Waals surface area contributed by atoms with Gasteiger partial charge >= 0.3 is 0 Å². The topological polar surface area (TPSA) is 64.6 Å². The molecule has 3 aliphatic rings. The van der Waals surface area contributed by atoms with Crippen LogP contribution in [0.1, 0.15) is 74.1 Å². The van der Waals surface area contributed by atoms with E-state index in [1.54, 1.807) is 7.11 Å². The fraction of sp³-hybridized carbons (Fsp3) is 0.520. The molecular formula is C25H31NO4S. The van der Waals surface area contributed by atoms with Crippen LogP contribution in [0.25, 0.3) is 0 Å². The van der Waals surface area contributed by atoms with Crippen LogP contribution in [0.4, 0.5) is 0 Å². The van der Waals surface area contributed by atoms with E-state index in [9.17, 15) is 8.42 Å². The predicted molar refractivity (Wildman–Crippen MR) is 120 cm³/mol. The summed E-state index contributed by atoms with van der Waals surface area (Å²) in [6.07, 6.45) is 10.2. The number of ether oxygens (including phenoxy) is 2. The minimum absolute atomic E-state index is 0.248. The van der Waals surface area contributed by atoms with Crippen molar-refractivity contribution >= 4 is 10.0 Å². The number of aryl methyl sites for hydroxylation is 2. The van der Waals surface area contributed by atoms with Gasteiger partial charge in [0.2, 0.25) is 10.0 Å². The molecule has 1 spiro atoms. The van der Waals surface area contributed by atoms with Crippen LogP contribution in [0, 0.1) is 0 Å². The third kappa shape index (κ3) is 3.96. The van der Waals surface area contributed by atoms with Crippen LogP contribution in [-0.4, -0.2) is 21.1 Å². The molecule has 0 saturated heterocycles. The van der Waals surface area contributed by atoms with Gasteiger partial charge in [-0.1, -0.05) is 24.6 Å². The average molecular weight is 442 g/mol. The molecule has 0 aromatic heterocycles. The lowest BCUT2D eigenvalue weighted by molar-refractivity contribution is 0.0000734. The summed E-state index contributed by atoms with van der Waals surface area (Å²) >= 11 is 0. The van der Waals surface area contributed by atoms with E-state index in [2.05, 4.69) is 4.72 Å². The van der Waals surface area contributed by atoms with Crippen LogP contribution in [0.3, 0.4) is 0 Å². The van der Waals surface area contributed by atoms with Gasteiger partial charge in [0.25, 0.3) is 0 Å². The highest BCUT2D eigenvalue weighted by atomic mass is 32.2. The Morgan fingerprint density at radius 3 is 2.45 bits per heavy atom. The smallest absolute Gasteiger partial charge is 0.244 e. The van der Waals surface area contributed by atoms with Crippen molar-refractivity contribution in [3.05, 3.63) is 53.1 Å². The quantitative estimate of drug-likeness (QED) is 0.719. The van der Waals surface area contributed by atoms with Crippen LogP contribution in [-0.2, 0) is 22.9 Å². The van der Waals surface area contributed by atoms with Gasteiger partial charge in [-0.05, 0) is 80.7 Å². The first kappa shape index (κ1) is 20.8. The number of para-hydroxylation sites is 1. The second-order valence-electron chi connectivity index (χ2n) is 9.24. The molecule has 0 amide bonds. The summed E-state index contributed by atoms with van der Waals surface area (Å²) in [6, 6.07) is 11.3. The van der Waals surface area contributed by atoms with Gasteiger partial charge in [-0.2, -0.15) is 0 Å². The maximum Gasteiger partial charge on any atom is 0.244 e. The first-order valence-corrected chi connectivity index (χ1v) is 13.0. The Morgan fingerprint density at radius 1 is 1.00 bits per heavy atom. The summed E-state index contributed by atoms with van der Waals surface area (Å²) in [5.74, 6) is 1.24. The first-order chi connectivity index (χ1) is 15.0. The van der Waals surface area contributed by atoms with E-state index in [-0.39, 0.29) is 16.5 Å². The molecule has 5 rings (SSSR count). The van der Waals surface area contributed by atoms with E-state index >= 15 is 0 Å². The van der Waals surface area contributed by atoms with Gasteiger partial charge in [0.05, 0.1) is 13.2 Å². The predicted octanol–water partition coefficient (Wildman–Crippen LogP) is 5.08. The van der Waals surface area contributed by atoms with Gasteiger partial charge in [-0.25, -0.2) is 13.1 Å². The number of hydrogen-bond donors (Lipinski definition) is 1. The molecule has 1 aliphatic heterocycles. The molecule has 0 unspecified atom stereocenters. The Balaban J connectivity index is 1.51. The largest absolute Gasteiger partial charge is 0.495 e. The molecule has 1 saturated carbocycles. The van der Waals surface area contributed by atoms with Crippen molar-refractivity contribution in [1.82, 2.24) is 4.72 Å². The van der Waals surface area contributed by atoms with Crippen LogP contribution in [0.5, 0.6) is 11.5 Å². The van der Waals surface area contributed by atoms with Crippen LogP contribution < -0.4 is 14.2 Å². The van der Waals surface area contributed by atoms with E-state index in [4.69, 9.17) is 9.47 Å². The number of sulfonamides is 1. The minimum atomic E-state index is -3.76. The molecule has 5 nitrogen and oxygen atoms in total. The SMILES string of the molecule is COc1cc2c(cc1S(=O)(=O)N[C@H]1CC3(CCCCC3)Oc3ccccc31)CCCC2. The molecule has 2 aromatic rings. The van der Waals surface area contributed by atoms with Crippen LogP contribution in [0.2, 0.25) is 0 Å². The molecule has 1 atom stereocenters. The Hall–Kier alpha value is -2.05. The third-order valence-corrected chi connectivity index (χ3v) is 8.67. The highest BCUT2D eigenvalue weighted by Crippen LogP contribution is 2.46. The summed E-state index contributed by atoms with van der Waals surface area (Å²) in [5, 5.41) is 0. The summed E-state index contributed by atoms with van der Waals surface area (Å²) in [4.78, 5) is 0.248. The molecule has 1 fully saturated rings. The normalized spacial score (nSPS) is 22.3. The van der Waals surface area contributed by atoms with Gasteiger partial charge in [-0.15, -0.1) is 0 Å². The zero-order valence-corrected chi connectivity index (χ0v) is 19.0. The first-order valence-electron chi connectivity index (χ1n) is 11.5. The molecule has 1 N–H and O–H groups in total. The molecule has 166 valence electrons. The second-order valence-corrected chi connectivity index (χ2v) is 10.9. The highest BCUT2D eigenvalue weighted by Gasteiger charge is 2.43. The van der Waals surface area contributed by atoms with Gasteiger partial charge < -0.3 is 9.47 Å². The lowest BCUT2D eigenvalue weighted by atomic mass is 9.77. The number of benzene rings is 2. The fourth-order valence-electron chi connectivity index (χ4n) is 5.59. The number of fused-ring (bicyclic) bond motifs is 2. The van der Waals surface area contributed by atoms with Crippen molar-refractivity contribution in [1.29, 1.82) is 0 Å². The van der Waals surface area contributed by atoms with Crippen molar-refractivity contribution in [2.45, 2.75) is 80.7 Å². The zero-order valence-electron chi connectivity index (χ0n) is 18.2. The number of rotatable bonds is 4. The maximum absolute atomic E-state index is 13.6. The van der Waals surface area contributed by atoms with Gasteiger partial charge in [0, 0.05) is 12.0 Å². The summed E-state index contributed by atoms with van der Waals surface area (Å²) in [5.41, 5.74) is 2.97. The Kier molecular flexibility index (Phi) is 5.47. The Labute approximate surface area is 185 Å². The number of nitrogens with one attached hydrogen (secondary N) is 1. The van der Waals surface area contributed by atoms with E-state index in [1.165, 1.54) is 12.0 Å². The van der Waals surface area contributed by atoms with Crippen molar-refractivity contribution < 1.29 is 17.9 Å². The molecule has 31 heavy (non-hydrogen) atoms. The van der Waals surface area contributed by atoms with E-state index in [0.717, 1.165) is 68.2 Å². The molecule has 6 heteroatoms. The maximum atomic E-state index is 13.6. The van der Waals surface area contributed by atoms with Crippen molar-refractivity contribution in [2.75, 3.05) is 7.11 Å². The van der Waals surface area contributed by atoms with Crippen molar-refractivity contribution in [2.24, 2.45) is 0 Å². The molecule has 0 bridgehead atoms. The molecule has 1 heterocycles. The van der Waals surface area contributed by atoms with E-state index in [0.29, 0.717) is 12.2 Å². The minimum Gasteiger partial charge on any atom is -0.495 e. The van der Waals surface area contributed by atoms with Crippen LogP contribution >= 0.6 is 0 Å². The van der Waals surface area contributed by atoms with Gasteiger partial charge in [0.1, 0.15) is 22.0 Å². The summed E-state index contributed by atoms with van der Waals surface area (Å²) < 4.78 is 42.3. The van der Waals surface area contributed by atoms with Crippen LogP contribution in [0.15, 0.2) is 41.3 Å². The molecule has 2 aromatic carbocycles. The van der Waals surface area contributed by atoms with Crippen molar-refractivity contribution in [3.8, 4) is 11.5 Å². The third-order valence-electron chi connectivity index (χ3n) is 7.18. The Morgan fingerprint density at radius 2 is 1.71 bits per heavy atom. The Bertz CT molecular complexity index is 1070. The average Bonchev–Trinajstić information content (AvgIpc) is 2.78. The lowest BCUT2D eigenvalue weighted by Crippen LogP contribution is -2.46. The highest BCUT2D eigenvalue weighted by molar-refractivity contribution is 7.89. The van der Waals surface area contributed by atoms with E-state index < -0.39 is 10.0 Å². The van der Waals surface area contributed by atoms with Gasteiger partial charge in [-0.3, -0.25) is 0 Å². The molecule has 2 aliphatic carbocycles. The number of hydrogen-bond acceptors (Lipinski definition) is 4. The van der Waals surface area contributed by atoms with Crippen molar-refractivity contribution in [3.63, 3.8) is 0 Å².